The van der Waals surface area contributed by atoms with Gasteiger partial charge in [0.05, 0.1) is 0 Å². The molecule has 0 aromatic carbocycles. The van der Waals surface area contributed by atoms with E-state index in [4.69, 9.17) is 4.74 Å². The fraction of sp³-hybridized carbons (Fsp3) is 0.750. The summed E-state index contributed by atoms with van der Waals surface area (Å²) in [6.45, 7) is 1.66. The van der Waals surface area contributed by atoms with E-state index in [1.807, 2.05) is 0 Å². The van der Waals surface area contributed by atoms with Crippen LogP contribution in [0, 0.1) is 0 Å². The Kier molecular flexibility index (Phi) is 0.436. The zero-order valence-electron chi connectivity index (χ0n) is 4.21. The average Bonchev–Trinajstić information content (AvgIpc) is 2.07. The van der Waals surface area contributed by atoms with Gasteiger partial charge in [0.25, 0.3) is 12.1 Å². The predicted octanol–water partition coefficient (Wildman–Crippen LogP) is 0.226. The van der Waals surface area contributed by atoms with Crippen LogP contribution in [0.2, 0.25) is 0 Å². The summed E-state index contributed by atoms with van der Waals surface area (Å²) in [4.78, 5) is 10.2. The van der Waals surface area contributed by atoms with Crippen LogP contribution in [0.5, 0.6) is 0 Å². The summed E-state index contributed by atoms with van der Waals surface area (Å²) in [7, 11) is 0. The minimum atomic E-state index is -0.739. The maximum absolute atomic E-state index is 10.2. The Morgan fingerprint density at radius 1 is 1.75 bits per heavy atom. The van der Waals surface area contributed by atoms with Crippen molar-refractivity contribution in [2.45, 2.75) is 19.0 Å². The summed E-state index contributed by atoms with van der Waals surface area (Å²) in [5.74, 6) is -0.739. The van der Waals surface area contributed by atoms with Gasteiger partial charge < -0.3 is 9.47 Å². The van der Waals surface area contributed by atoms with Crippen molar-refractivity contribution in [2.24, 2.45) is 0 Å². The highest BCUT2D eigenvalue weighted by Crippen LogP contribution is 2.43. The molecule has 2 heterocycles. The highest BCUT2D eigenvalue weighted by molar-refractivity contribution is 5.63. The fourth-order valence-corrected chi connectivity index (χ4v) is 0.659. The lowest BCUT2D eigenvalue weighted by atomic mass is 10.4. The molecule has 0 N–H and O–H groups in total. The van der Waals surface area contributed by atoms with Crippen molar-refractivity contribution in [3.8, 4) is 0 Å². The third-order valence-corrected chi connectivity index (χ3v) is 1.20. The van der Waals surface area contributed by atoms with Gasteiger partial charge >= 0.3 is 6.16 Å². The molecule has 2 unspecified atom stereocenters. The fourth-order valence-electron chi connectivity index (χ4n) is 0.659. The number of hydrogen-bond acceptors (Lipinski definition) is 4. The van der Waals surface area contributed by atoms with E-state index in [1.54, 1.807) is 6.92 Å². The van der Waals surface area contributed by atoms with Crippen LogP contribution in [0.15, 0.2) is 0 Å². The molecule has 2 rings (SSSR count). The van der Waals surface area contributed by atoms with Gasteiger partial charge in [0, 0.05) is 6.92 Å². The Labute approximate surface area is 45.3 Å². The first kappa shape index (κ1) is 4.14. The SMILES string of the molecule is CC12OC(=O)OC1O2. The van der Waals surface area contributed by atoms with Gasteiger partial charge in [0.2, 0.25) is 0 Å². The molecular formula is C4H4O4. The van der Waals surface area contributed by atoms with Crippen molar-refractivity contribution in [2.75, 3.05) is 0 Å². The van der Waals surface area contributed by atoms with Crippen LogP contribution in [0.1, 0.15) is 6.92 Å². The van der Waals surface area contributed by atoms with Gasteiger partial charge in [0.1, 0.15) is 0 Å². The van der Waals surface area contributed by atoms with Gasteiger partial charge in [-0.25, -0.2) is 4.79 Å². The third kappa shape index (κ3) is 0.315. The van der Waals surface area contributed by atoms with E-state index in [-0.39, 0.29) is 0 Å². The van der Waals surface area contributed by atoms with Crippen molar-refractivity contribution in [1.29, 1.82) is 0 Å². The average molecular weight is 116 g/mol. The van der Waals surface area contributed by atoms with Crippen molar-refractivity contribution < 1.29 is 19.0 Å². The first-order chi connectivity index (χ1) is 3.71. The standard InChI is InChI=1S/C4H4O4/c1-4-2(7-4)6-3(5)8-4/h2H,1H3. The van der Waals surface area contributed by atoms with Crippen LogP contribution in [-0.2, 0) is 14.2 Å². The Morgan fingerprint density at radius 2 is 2.50 bits per heavy atom. The minimum absolute atomic E-state index is 0.435. The lowest BCUT2D eigenvalue weighted by molar-refractivity contribution is -0.0241. The highest BCUT2D eigenvalue weighted by Gasteiger charge is 2.66. The molecule has 2 aliphatic rings. The molecule has 0 bridgehead atoms. The van der Waals surface area contributed by atoms with Crippen LogP contribution in [0.4, 0.5) is 4.79 Å². The maximum Gasteiger partial charge on any atom is 0.513 e. The van der Waals surface area contributed by atoms with Crippen LogP contribution >= 0.6 is 0 Å². The molecule has 0 spiro atoms. The molecule has 0 radical (unpaired) electrons. The van der Waals surface area contributed by atoms with Crippen molar-refractivity contribution in [1.82, 2.24) is 0 Å². The zero-order chi connectivity index (χ0) is 5.78. The molecule has 0 aliphatic carbocycles. The van der Waals surface area contributed by atoms with E-state index in [0.717, 1.165) is 0 Å². The minimum Gasteiger partial charge on any atom is -0.397 e. The Balaban J connectivity index is 2.21. The van der Waals surface area contributed by atoms with Crippen LogP contribution in [0.3, 0.4) is 0 Å². The molecule has 0 amide bonds. The molecule has 4 nitrogen and oxygen atoms in total. The summed E-state index contributed by atoms with van der Waals surface area (Å²) in [5.41, 5.74) is 0. The lowest BCUT2D eigenvalue weighted by Gasteiger charge is -1.95. The molecule has 2 fully saturated rings. The quantitative estimate of drug-likeness (QED) is 0.335. The van der Waals surface area contributed by atoms with E-state index in [9.17, 15) is 4.79 Å². The number of carbonyl (C=O) groups is 1. The van der Waals surface area contributed by atoms with E-state index >= 15 is 0 Å². The Hall–Kier alpha value is -0.770. The highest BCUT2D eigenvalue weighted by atomic mass is 17.0. The Morgan fingerprint density at radius 3 is 2.75 bits per heavy atom. The largest absolute Gasteiger partial charge is 0.513 e. The van der Waals surface area contributed by atoms with Crippen LogP contribution in [-0.4, -0.2) is 18.2 Å². The van der Waals surface area contributed by atoms with E-state index < -0.39 is 18.2 Å². The summed E-state index contributed by atoms with van der Waals surface area (Å²) in [6, 6.07) is 0. The molecule has 8 heavy (non-hydrogen) atoms. The number of hydrogen-bond donors (Lipinski definition) is 0. The predicted molar refractivity (Wildman–Crippen MR) is 20.8 cm³/mol. The molecule has 2 atom stereocenters. The Bertz CT molecular complexity index is 154. The van der Waals surface area contributed by atoms with Gasteiger partial charge in [-0.3, -0.25) is 4.74 Å². The second-order valence-electron chi connectivity index (χ2n) is 1.94. The molecule has 2 aliphatic heterocycles. The van der Waals surface area contributed by atoms with Gasteiger partial charge in [-0.15, -0.1) is 0 Å². The molecular weight excluding hydrogens is 112 g/mol. The summed E-state index contributed by atoms with van der Waals surface area (Å²) < 4.78 is 13.7. The molecule has 0 aromatic rings. The summed E-state index contributed by atoms with van der Waals surface area (Å²) in [6.07, 6.45) is -1.07. The second-order valence-corrected chi connectivity index (χ2v) is 1.94. The topological polar surface area (TPSA) is 48.1 Å². The normalized spacial score (nSPS) is 49.6. The number of epoxide rings is 1. The molecule has 2 saturated heterocycles. The number of ether oxygens (including phenoxy) is 3. The molecule has 4 heteroatoms. The zero-order valence-corrected chi connectivity index (χ0v) is 4.21. The number of rotatable bonds is 0. The first-order valence-corrected chi connectivity index (χ1v) is 2.28. The summed E-state index contributed by atoms with van der Waals surface area (Å²) >= 11 is 0. The molecule has 44 valence electrons. The van der Waals surface area contributed by atoms with Gasteiger partial charge in [-0.1, -0.05) is 0 Å². The van der Waals surface area contributed by atoms with Gasteiger partial charge in [-0.2, -0.15) is 0 Å². The first-order valence-electron chi connectivity index (χ1n) is 2.28. The second kappa shape index (κ2) is 0.842. The molecule has 0 aromatic heterocycles. The van der Waals surface area contributed by atoms with Gasteiger partial charge in [0.15, 0.2) is 0 Å². The molecule has 0 saturated carbocycles. The monoisotopic (exact) mass is 116 g/mol. The smallest absolute Gasteiger partial charge is 0.397 e. The van der Waals surface area contributed by atoms with Crippen LogP contribution in [0.25, 0.3) is 0 Å². The van der Waals surface area contributed by atoms with Crippen molar-refractivity contribution >= 4 is 6.16 Å². The third-order valence-electron chi connectivity index (χ3n) is 1.20. The van der Waals surface area contributed by atoms with Gasteiger partial charge in [-0.05, 0) is 0 Å². The van der Waals surface area contributed by atoms with Crippen molar-refractivity contribution in [3.63, 3.8) is 0 Å². The van der Waals surface area contributed by atoms with Crippen molar-refractivity contribution in [3.05, 3.63) is 0 Å². The maximum atomic E-state index is 10.2. The van der Waals surface area contributed by atoms with E-state index in [2.05, 4.69) is 9.47 Å². The van der Waals surface area contributed by atoms with E-state index in [1.165, 1.54) is 0 Å². The van der Waals surface area contributed by atoms with E-state index in [0.29, 0.717) is 0 Å². The van der Waals surface area contributed by atoms with Crippen LogP contribution < -0.4 is 0 Å². The number of carbonyl (C=O) groups excluding carboxylic acids is 1. The number of fused-ring (bicyclic) bond motifs is 1. The lowest BCUT2D eigenvalue weighted by Crippen LogP contribution is -2.08. The summed E-state index contributed by atoms with van der Waals surface area (Å²) in [5, 5.41) is 0.